The number of carbonyl (C=O) groups is 2. The maximum atomic E-state index is 13.0. The number of hydrazine groups is 1. The molecule has 1 aliphatic heterocycles. The molecule has 5 nitrogen and oxygen atoms in total. The lowest BCUT2D eigenvalue weighted by Gasteiger charge is -2.18. The van der Waals surface area contributed by atoms with E-state index < -0.39 is 23.6 Å². The summed E-state index contributed by atoms with van der Waals surface area (Å²) < 4.78 is 39.0. The number of nitrogens with one attached hydrogen (secondary N) is 2. The molecule has 1 atom stereocenters. The molecule has 1 unspecified atom stereocenters. The van der Waals surface area contributed by atoms with Gasteiger partial charge in [0.05, 0.1) is 17.2 Å². The third kappa shape index (κ3) is 4.21. The molecule has 2 aromatic rings. The zero-order chi connectivity index (χ0) is 19.6. The molecule has 0 bridgehead atoms. The highest BCUT2D eigenvalue weighted by Gasteiger charge is 2.36. The normalized spacial score (nSPS) is 17.1. The fourth-order valence-electron chi connectivity index (χ4n) is 2.93. The molecule has 0 aromatic heterocycles. The summed E-state index contributed by atoms with van der Waals surface area (Å²) in [6, 6.07) is 12.2. The van der Waals surface area contributed by atoms with Crippen molar-refractivity contribution in [1.82, 2.24) is 5.43 Å². The maximum Gasteiger partial charge on any atom is 0.418 e. The molecule has 0 spiro atoms. The summed E-state index contributed by atoms with van der Waals surface area (Å²) in [4.78, 5) is 26.0. The molecule has 0 aliphatic carbocycles. The number of halogens is 3. The van der Waals surface area contributed by atoms with Crippen molar-refractivity contribution < 1.29 is 22.8 Å². The van der Waals surface area contributed by atoms with Crippen molar-refractivity contribution in [1.29, 1.82) is 0 Å². The van der Waals surface area contributed by atoms with Crippen LogP contribution in [-0.2, 0) is 15.8 Å². The van der Waals surface area contributed by atoms with Gasteiger partial charge < -0.3 is 4.90 Å². The number of benzene rings is 2. The summed E-state index contributed by atoms with van der Waals surface area (Å²) in [5.41, 5.74) is 5.22. The third-order valence-electron chi connectivity index (χ3n) is 4.39. The second-order valence-electron chi connectivity index (χ2n) is 6.40. The van der Waals surface area contributed by atoms with Crippen LogP contribution in [0.1, 0.15) is 17.5 Å². The summed E-state index contributed by atoms with van der Waals surface area (Å²) >= 11 is 0. The molecule has 0 saturated carbocycles. The average molecular weight is 377 g/mol. The molecular weight excluding hydrogens is 359 g/mol. The van der Waals surface area contributed by atoms with Gasteiger partial charge in [-0.1, -0.05) is 29.8 Å². The third-order valence-corrected chi connectivity index (χ3v) is 4.39. The van der Waals surface area contributed by atoms with Crippen molar-refractivity contribution in [2.75, 3.05) is 16.9 Å². The van der Waals surface area contributed by atoms with Crippen molar-refractivity contribution in [2.45, 2.75) is 19.5 Å². The number of hydrogen-bond acceptors (Lipinski definition) is 3. The monoisotopic (exact) mass is 377 g/mol. The molecule has 3 rings (SSSR count). The van der Waals surface area contributed by atoms with Gasteiger partial charge in [-0.25, -0.2) is 0 Å². The minimum absolute atomic E-state index is 0.00229. The van der Waals surface area contributed by atoms with Crippen LogP contribution in [0.2, 0.25) is 0 Å². The number of alkyl halides is 3. The lowest BCUT2D eigenvalue weighted by molar-refractivity contribution is -0.137. The molecule has 1 saturated heterocycles. The van der Waals surface area contributed by atoms with Gasteiger partial charge in [-0.15, -0.1) is 0 Å². The van der Waals surface area contributed by atoms with Gasteiger partial charge in [-0.05, 0) is 31.2 Å². The van der Waals surface area contributed by atoms with Crippen LogP contribution < -0.4 is 15.8 Å². The van der Waals surface area contributed by atoms with Crippen LogP contribution in [-0.4, -0.2) is 18.4 Å². The molecule has 2 aromatic carbocycles. The van der Waals surface area contributed by atoms with E-state index in [-0.39, 0.29) is 24.6 Å². The van der Waals surface area contributed by atoms with Crippen LogP contribution in [0.4, 0.5) is 24.5 Å². The first-order valence-electron chi connectivity index (χ1n) is 8.35. The maximum absolute atomic E-state index is 13.0. The van der Waals surface area contributed by atoms with E-state index in [0.29, 0.717) is 5.69 Å². The number of hydrogen-bond donors (Lipinski definition) is 2. The Balaban J connectivity index is 1.65. The number of anilines is 2. The lowest BCUT2D eigenvalue weighted by Crippen LogP contribution is -2.37. The highest BCUT2D eigenvalue weighted by Crippen LogP contribution is 2.34. The van der Waals surface area contributed by atoms with Gasteiger partial charge in [0, 0.05) is 18.7 Å². The molecule has 2 amide bonds. The fourth-order valence-corrected chi connectivity index (χ4v) is 2.93. The Hall–Kier alpha value is -3.03. The molecule has 1 fully saturated rings. The van der Waals surface area contributed by atoms with E-state index in [0.717, 1.165) is 11.6 Å². The van der Waals surface area contributed by atoms with Crippen molar-refractivity contribution >= 4 is 23.2 Å². The zero-order valence-corrected chi connectivity index (χ0v) is 14.5. The van der Waals surface area contributed by atoms with Crippen molar-refractivity contribution in [3.63, 3.8) is 0 Å². The number of rotatable bonds is 4. The molecule has 2 N–H and O–H groups in total. The topological polar surface area (TPSA) is 61.4 Å². The van der Waals surface area contributed by atoms with Gasteiger partial charge in [-0.2, -0.15) is 13.2 Å². The van der Waals surface area contributed by atoms with E-state index >= 15 is 0 Å². The van der Waals surface area contributed by atoms with Crippen LogP contribution in [0.15, 0.2) is 48.5 Å². The predicted octanol–water partition coefficient (Wildman–Crippen LogP) is 3.51. The summed E-state index contributed by atoms with van der Waals surface area (Å²) in [5, 5.41) is 0. The van der Waals surface area contributed by atoms with Crippen LogP contribution >= 0.6 is 0 Å². The Morgan fingerprint density at radius 1 is 1.11 bits per heavy atom. The van der Waals surface area contributed by atoms with Crippen LogP contribution in [0.3, 0.4) is 0 Å². The Bertz CT molecular complexity index is 850. The van der Waals surface area contributed by atoms with E-state index in [1.807, 2.05) is 19.1 Å². The molecule has 1 heterocycles. The quantitative estimate of drug-likeness (QED) is 0.802. The zero-order valence-electron chi connectivity index (χ0n) is 14.5. The first-order chi connectivity index (χ1) is 12.8. The number of carbonyl (C=O) groups excluding carboxylic acids is 2. The van der Waals surface area contributed by atoms with Gasteiger partial charge in [0.2, 0.25) is 11.8 Å². The Morgan fingerprint density at radius 3 is 2.44 bits per heavy atom. The van der Waals surface area contributed by atoms with Crippen LogP contribution in [0.5, 0.6) is 0 Å². The fraction of sp³-hybridized carbons (Fsp3) is 0.263. The second kappa shape index (κ2) is 7.30. The molecule has 8 heteroatoms. The lowest BCUT2D eigenvalue weighted by atomic mass is 10.1. The highest BCUT2D eigenvalue weighted by atomic mass is 19.4. The van der Waals surface area contributed by atoms with Crippen LogP contribution in [0.25, 0.3) is 0 Å². The first-order valence-corrected chi connectivity index (χ1v) is 8.35. The molecule has 1 aliphatic rings. The molecule has 27 heavy (non-hydrogen) atoms. The SMILES string of the molecule is Cc1ccc(N2CC(C(=O)NNc3ccccc3C(F)(F)F)CC2=O)cc1. The summed E-state index contributed by atoms with van der Waals surface area (Å²) in [6.45, 7) is 2.10. The Morgan fingerprint density at radius 2 is 1.78 bits per heavy atom. The minimum atomic E-state index is -4.54. The standard InChI is InChI=1S/C19H18F3N3O2/c1-12-6-8-14(9-7-12)25-11-13(10-17(25)26)18(27)24-23-16-5-3-2-4-15(16)19(20,21)22/h2-9,13,23H,10-11H2,1H3,(H,24,27). The van der Waals surface area contributed by atoms with E-state index in [1.165, 1.54) is 23.1 Å². The van der Waals surface area contributed by atoms with Gasteiger partial charge >= 0.3 is 6.18 Å². The Labute approximate surface area is 154 Å². The summed E-state index contributed by atoms with van der Waals surface area (Å²) in [7, 11) is 0. The van der Waals surface area contributed by atoms with Crippen molar-refractivity contribution in [3.05, 3.63) is 59.7 Å². The second-order valence-corrected chi connectivity index (χ2v) is 6.40. The van der Waals surface area contributed by atoms with E-state index in [1.54, 1.807) is 12.1 Å². The number of para-hydroxylation sites is 1. The molecule has 142 valence electrons. The predicted molar refractivity (Wildman–Crippen MR) is 94.8 cm³/mol. The van der Waals surface area contributed by atoms with Crippen molar-refractivity contribution in [3.8, 4) is 0 Å². The average Bonchev–Trinajstić information content (AvgIpc) is 3.02. The highest BCUT2D eigenvalue weighted by molar-refractivity contribution is 6.00. The van der Waals surface area contributed by atoms with Crippen LogP contribution in [0, 0.1) is 12.8 Å². The first kappa shape index (κ1) is 18.8. The number of amides is 2. The molecule has 0 radical (unpaired) electrons. The van der Waals surface area contributed by atoms with Gasteiger partial charge in [0.25, 0.3) is 0 Å². The summed E-state index contributed by atoms with van der Waals surface area (Å²) in [5.74, 6) is -1.38. The van der Waals surface area contributed by atoms with E-state index in [4.69, 9.17) is 0 Å². The molecular formula is C19H18F3N3O2. The van der Waals surface area contributed by atoms with Gasteiger partial charge in [0.15, 0.2) is 0 Å². The smallest absolute Gasteiger partial charge is 0.312 e. The minimum Gasteiger partial charge on any atom is -0.312 e. The van der Waals surface area contributed by atoms with Gasteiger partial charge in [-0.3, -0.25) is 20.4 Å². The summed E-state index contributed by atoms with van der Waals surface area (Å²) in [6.07, 6.45) is -4.54. The van der Waals surface area contributed by atoms with E-state index in [9.17, 15) is 22.8 Å². The Kier molecular flexibility index (Phi) is 5.07. The largest absolute Gasteiger partial charge is 0.418 e. The van der Waals surface area contributed by atoms with E-state index in [2.05, 4.69) is 10.9 Å². The number of nitrogens with zero attached hydrogens (tertiary/aromatic N) is 1. The van der Waals surface area contributed by atoms with Gasteiger partial charge in [0.1, 0.15) is 0 Å². The number of aryl methyl sites for hydroxylation is 1. The van der Waals surface area contributed by atoms with Crippen molar-refractivity contribution in [2.24, 2.45) is 5.92 Å².